The van der Waals surface area contributed by atoms with Crippen LogP contribution in [0.3, 0.4) is 0 Å². The molecule has 0 saturated carbocycles. The van der Waals surface area contributed by atoms with Crippen molar-refractivity contribution in [1.82, 2.24) is 34.9 Å². The second-order valence-electron chi connectivity index (χ2n) is 6.27. The number of nitrogens with zero attached hydrogens (tertiary/aromatic N) is 6. The van der Waals surface area contributed by atoms with Crippen LogP contribution in [0.25, 0.3) is 22.2 Å². The number of pyridine rings is 2. The van der Waals surface area contributed by atoms with Crippen LogP contribution in [0, 0.1) is 0 Å². The van der Waals surface area contributed by atoms with Gasteiger partial charge in [-0.2, -0.15) is 4.98 Å². The van der Waals surface area contributed by atoms with Gasteiger partial charge in [-0.15, -0.1) is 0 Å². The Balaban J connectivity index is 1.59. The molecular weight excluding hydrogens is 422 g/mol. The van der Waals surface area contributed by atoms with E-state index in [1.807, 2.05) is 13.0 Å². The van der Waals surface area contributed by atoms with Crippen molar-refractivity contribution in [3.8, 4) is 11.6 Å². The van der Waals surface area contributed by atoms with Gasteiger partial charge in [-0.25, -0.2) is 15.0 Å². The number of aromatic amines is 1. The third-order valence-corrected chi connectivity index (χ3v) is 5.56. The molecule has 5 rings (SSSR count). The predicted molar refractivity (Wildman–Crippen MR) is 114 cm³/mol. The maximum atomic E-state index is 6.57. The van der Waals surface area contributed by atoms with Crippen molar-refractivity contribution in [1.29, 1.82) is 0 Å². The quantitative estimate of drug-likeness (QED) is 0.391. The van der Waals surface area contributed by atoms with Gasteiger partial charge in [0.25, 0.3) is 0 Å². The number of rotatable bonds is 5. The molecule has 0 saturated heterocycles. The Morgan fingerprint density at radius 2 is 2.00 bits per heavy atom. The molecule has 1 N–H and O–H groups in total. The van der Waals surface area contributed by atoms with Crippen LogP contribution in [-0.2, 0) is 6.42 Å². The molecule has 0 atom stereocenters. The summed E-state index contributed by atoms with van der Waals surface area (Å²) in [6.45, 7) is 2.02. The molecule has 8 nitrogen and oxygen atoms in total. The Morgan fingerprint density at radius 1 is 1.10 bits per heavy atom. The number of halogens is 1. The van der Waals surface area contributed by atoms with E-state index in [1.165, 1.54) is 11.8 Å². The summed E-state index contributed by atoms with van der Waals surface area (Å²) in [4.78, 5) is 30.3. The van der Waals surface area contributed by atoms with Crippen molar-refractivity contribution < 1.29 is 4.74 Å². The zero-order valence-corrected chi connectivity index (χ0v) is 17.3. The molecule has 0 unspecified atom stereocenters. The molecule has 5 aromatic heterocycles. The number of aromatic nitrogens is 7. The molecule has 5 heterocycles. The first-order valence-corrected chi connectivity index (χ1v) is 10.3. The molecule has 0 aromatic carbocycles. The normalized spacial score (nSPS) is 11.3. The maximum Gasteiger partial charge on any atom is 0.234 e. The van der Waals surface area contributed by atoms with Gasteiger partial charge in [-0.1, -0.05) is 18.5 Å². The standard InChI is InChI=1S/C20H14ClN7OS/c1-2-13-16(21)15-18(26-13)27-20(28-19(15)29-11-4-3-5-22-9-11)30-12-8-14-17(25-10-12)24-7-6-23-14/h3-10H,2H2,1H3,(H,26,27,28). The van der Waals surface area contributed by atoms with Crippen LogP contribution >= 0.6 is 23.4 Å². The minimum absolute atomic E-state index is 0.366. The van der Waals surface area contributed by atoms with E-state index in [9.17, 15) is 0 Å². The molecule has 0 radical (unpaired) electrons. The van der Waals surface area contributed by atoms with Gasteiger partial charge in [0.1, 0.15) is 22.3 Å². The van der Waals surface area contributed by atoms with Crippen LogP contribution < -0.4 is 4.74 Å². The summed E-state index contributed by atoms with van der Waals surface area (Å²) >= 11 is 7.92. The van der Waals surface area contributed by atoms with Crippen LogP contribution in [0.4, 0.5) is 0 Å². The molecule has 0 aliphatic heterocycles. The van der Waals surface area contributed by atoms with Crippen molar-refractivity contribution in [2.75, 3.05) is 0 Å². The first-order chi connectivity index (χ1) is 14.7. The van der Waals surface area contributed by atoms with E-state index in [4.69, 9.17) is 16.3 Å². The highest BCUT2D eigenvalue weighted by molar-refractivity contribution is 7.99. The first-order valence-electron chi connectivity index (χ1n) is 9.12. The van der Waals surface area contributed by atoms with Crippen molar-refractivity contribution in [2.45, 2.75) is 23.4 Å². The molecule has 0 spiro atoms. The number of hydrogen-bond acceptors (Lipinski definition) is 8. The van der Waals surface area contributed by atoms with Gasteiger partial charge >= 0.3 is 0 Å². The predicted octanol–water partition coefficient (Wildman–Crippen LogP) is 4.85. The molecule has 0 aliphatic carbocycles. The van der Waals surface area contributed by atoms with Crippen LogP contribution in [0.5, 0.6) is 11.6 Å². The zero-order chi connectivity index (χ0) is 20.5. The Kier molecular flexibility index (Phi) is 4.89. The van der Waals surface area contributed by atoms with E-state index >= 15 is 0 Å². The number of fused-ring (bicyclic) bond motifs is 2. The van der Waals surface area contributed by atoms with Gasteiger partial charge in [0.15, 0.2) is 10.8 Å². The van der Waals surface area contributed by atoms with Gasteiger partial charge in [0.05, 0.1) is 11.2 Å². The van der Waals surface area contributed by atoms with E-state index in [0.717, 1.165) is 17.0 Å². The van der Waals surface area contributed by atoms with Crippen molar-refractivity contribution >= 4 is 45.6 Å². The minimum atomic E-state index is 0.366. The Labute approximate surface area is 180 Å². The molecule has 30 heavy (non-hydrogen) atoms. The molecular formula is C20H14ClN7OS. The second kappa shape index (κ2) is 7.85. The zero-order valence-electron chi connectivity index (χ0n) is 15.7. The lowest BCUT2D eigenvalue weighted by Gasteiger charge is -2.08. The van der Waals surface area contributed by atoms with Crippen molar-refractivity contribution in [2.24, 2.45) is 0 Å². The number of hydrogen-bond donors (Lipinski definition) is 1. The summed E-state index contributed by atoms with van der Waals surface area (Å²) in [5, 5.41) is 1.70. The van der Waals surface area contributed by atoms with Gasteiger partial charge in [0.2, 0.25) is 5.88 Å². The molecule has 0 amide bonds. The summed E-state index contributed by atoms with van der Waals surface area (Å²) in [5.41, 5.74) is 2.78. The highest BCUT2D eigenvalue weighted by Gasteiger charge is 2.19. The van der Waals surface area contributed by atoms with E-state index in [1.54, 1.807) is 43.1 Å². The summed E-state index contributed by atoms with van der Waals surface area (Å²) in [5.74, 6) is 0.927. The average Bonchev–Trinajstić information content (AvgIpc) is 3.10. The monoisotopic (exact) mass is 435 g/mol. The van der Waals surface area contributed by atoms with Crippen LogP contribution in [0.2, 0.25) is 5.02 Å². The molecule has 0 bridgehead atoms. The van der Waals surface area contributed by atoms with Crippen LogP contribution in [-0.4, -0.2) is 34.9 Å². The Hall–Kier alpha value is -3.30. The maximum absolute atomic E-state index is 6.57. The van der Waals surface area contributed by atoms with E-state index in [0.29, 0.717) is 44.0 Å². The molecule has 148 valence electrons. The minimum Gasteiger partial charge on any atom is -0.436 e. The second-order valence-corrected chi connectivity index (χ2v) is 7.69. The van der Waals surface area contributed by atoms with Crippen LogP contribution in [0.15, 0.2) is 59.2 Å². The molecule has 0 aliphatic rings. The van der Waals surface area contributed by atoms with Crippen molar-refractivity contribution in [3.63, 3.8) is 0 Å². The third kappa shape index (κ3) is 3.53. The number of H-pyrrole nitrogens is 1. The molecule has 5 aromatic rings. The third-order valence-electron chi connectivity index (χ3n) is 4.32. The fourth-order valence-electron chi connectivity index (χ4n) is 2.94. The smallest absolute Gasteiger partial charge is 0.234 e. The van der Waals surface area contributed by atoms with E-state index < -0.39 is 0 Å². The largest absolute Gasteiger partial charge is 0.436 e. The molecule has 0 fully saturated rings. The topological polar surface area (TPSA) is 102 Å². The van der Waals surface area contributed by atoms with Gasteiger partial charge in [-0.05, 0) is 36.4 Å². The fourth-order valence-corrected chi connectivity index (χ4v) is 4.04. The first kappa shape index (κ1) is 18.7. The highest BCUT2D eigenvalue weighted by Crippen LogP contribution is 2.37. The number of ether oxygens (including phenoxy) is 1. The highest BCUT2D eigenvalue weighted by atomic mass is 35.5. The lowest BCUT2D eigenvalue weighted by molar-refractivity contribution is 0.460. The van der Waals surface area contributed by atoms with E-state index in [2.05, 4.69) is 34.9 Å². The summed E-state index contributed by atoms with van der Waals surface area (Å²) in [7, 11) is 0. The number of aryl methyl sites for hydroxylation is 1. The Bertz CT molecular complexity index is 1360. The van der Waals surface area contributed by atoms with Crippen LogP contribution in [0.1, 0.15) is 12.6 Å². The lowest BCUT2D eigenvalue weighted by atomic mass is 10.3. The SMILES string of the molecule is CCc1[nH]c2nc(Sc3cnc4nccnc4c3)nc(Oc3cccnc3)c2c1Cl. The average molecular weight is 436 g/mol. The Morgan fingerprint density at radius 3 is 2.83 bits per heavy atom. The fraction of sp³-hybridized carbons (Fsp3) is 0.100. The van der Waals surface area contributed by atoms with Crippen molar-refractivity contribution in [3.05, 3.63) is 59.9 Å². The summed E-state index contributed by atoms with van der Waals surface area (Å²) in [6, 6.07) is 5.50. The van der Waals surface area contributed by atoms with Gasteiger partial charge < -0.3 is 9.72 Å². The number of nitrogens with one attached hydrogen (secondary N) is 1. The van der Waals surface area contributed by atoms with Gasteiger partial charge in [-0.3, -0.25) is 9.97 Å². The summed E-state index contributed by atoms with van der Waals surface area (Å²) in [6.07, 6.45) is 8.99. The van der Waals surface area contributed by atoms with E-state index in [-0.39, 0.29) is 0 Å². The lowest BCUT2D eigenvalue weighted by Crippen LogP contribution is -1.95. The summed E-state index contributed by atoms with van der Waals surface area (Å²) < 4.78 is 6.01. The molecule has 10 heteroatoms. The van der Waals surface area contributed by atoms with Gasteiger partial charge in [0, 0.05) is 35.4 Å².